The molecule has 2 heterocycles. The van der Waals surface area contributed by atoms with E-state index in [0.29, 0.717) is 25.6 Å². The van der Waals surface area contributed by atoms with E-state index in [1.807, 2.05) is 11.9 Å². The van der Waals surface area contributed by atoms with Crippen LogP contribution in [-0.4, -0.2) is 40.7 Å². The van der Waals surface area contributed by atoms with Crippen molar-refractivity contribution in [1.82, 2.24) is 9.47 Å². The summed E-state index contributed by atoms with van der Waals surface area (Å²) in [5, 5.41) is 9.44. The molecule has 140 valence electrons. The second kappa shape index (κ2) is 7.19. The quantitative estimate of drug-likeness (QED) is 0.877. The minimum absolute atomic E-state index is 0.00598. The van der Waals surface area contributed by atoms with Gasteiger partial charge in [0.25, 0.3) is 5.56 Å². The van der Waals surface area contributed by atoms with Crippen LogP contribution in [0.3, 0.4) is 0 Å². The van der Waals surface area contributed by atoms with Crippen LogP contribution in [-0.2, 0) is 11.0 Å². The summed E-state index contributed by atoms with van der Waals surface area (Å²) in [6, 6.07) is -0.628. The molecule has 1 saturated heterocycles. The monoisotopic (exact) mass is 360 g/mol. The normalized spacial score (nSPS) is 20.2. The highest BCUT2D eigenvalue weighted by Crippen LogP contribution is 2.37. The van der Waals surface area contributed by atoms with Crippen LogP contribution in [0.4, 0.5) is 13.2 Å². The zero-order valence-corrected chi connectivity index (χ0v) is 14.5. The molecular formula is C17H23F3N2O3. The van der Waals surface area contributed by atoms with Crippen molar-refractivity contribution < 1.29 is 23.1 Å². The molecule has 2 rings (SSSR count). The number of likely N-dealkylation sites (N-methyl/N-ethyl adjacent to an activating group) is 1. The number of alkyl halides is 3. The number of hydrogen-bond donors (Lipinski definition) is 1. The van der Waals surface area contributed by atoms with Crippen molar-refractivity contribution in [2.24, 2.45) is 5.92 Å². The predicted molar refractivity (Wildman–Crippen MR) is 86.7 cm³/mol. The van der Waals surface area contributed by atoms with E-state index in [2.05, 4.69) is 0 Å². The third-order valence-electron chi connectivity index (χ3n) is 4.56. The maximum Gasteiger partial charge on any atom is 0.416 e. The number of pyridine rings is 1. The zero-order chi connectivity index (χ0) is 18.9. The lowest BCUT2D eigenvalue weighted by atomic mass is 9.94. The SMILES string of the molecule is CC(C)C[C@@H](C(=O)O)n1cc(C2CCN(C)C2)c(C(F)(F)F)cc1=O. The second-order valence-electron chi connectivity index (χ2n) is 7.12. The Kier molecular flexibility index (Phi) is 5.61. The van der Waals surface area contributed by atoms with Crippen LogP contribution < -0.4 is 5.56 Å². The summed E-state index contributed by atoms with van der Waals surface area (Å²) >= 11 is 0. The van der Waals surface area contributed by atoms with Gasteiger partial charge in [0.1, 0.15) is 6.04 Å². The first-order valence-corrected chi connectivity index (χ1v) is 8.25. The van der Waals surface area contributed by atoms with E-state index in [1.165, 1.54) is 0 Å². The van der Waals surface area contributed by atoms with Crippen LogP contribution in [0, 0.1) is 5.92 Å². The van der Waals surface area contributed by atoms with Gasteiger partial charge in [-0.25, -0.2) is 4.79 Å². The van der Waals surface area contributed by atoms with Gasteiger partial charge >= 0.3 is 12.1 Å². The highest BCUT2D eigenvalue weighted by molar-refractivity contribution is 5.71. The number of carboxylic acid groups (broad SMARTS) is 1. The van der Waals surface area contributed by atoms with E-state index in [-0.39, 0.29) is 23.8 Å². The van der Waals surface area contributed by atoms with E-state index < -0.39 is 29.3 Å². The number of rotatable bonds is 5. The molecule has 8 heteroatoms. The summed E-state index contributed by atoms with van der Waals surface area (Å²) in [5.74, 6) is -1.61. The van der Waals surface area contributed by atoms with Crippen LogP contribution >= 0.6 is 0 Å². The molecule has 5 nitrogen and oxygen atoms in total. The van der Waals surface area contributed by atoms with Gasteiger partial charge in [0.2, 0.25) is 0 Å². The Morgan fingerprint density at radius 2 is 2.04 bits per heavy atom. The van der Waals surface area contributed by atoms with Crippen molar-refractivity contribution in [1.29, 1.82) is 0 Å². The molecule has 1 fully saturated rings. The van der Waals surface area contributed by atoms with Crippen molar-refractivity contribution in [2.45, 2.75) is 44.8 Å². The van der Waals surface area contributed by atoms with Gasteiger partial charge < -0.3 is 14.6 Å². The molecule has 0 saturated carbocycles. The van der Waals surface area contributed by atoms with Crippen LogP contribution in [0.5, 0.6) is 0 Å². The number of carbonyl (C=O) groups is 1. The van der Waals surface area contributed by atoms with E-state index in [9.17, 15) is 27.9 Å². The average Bonchev–Trinajstić information content (AvgIpc) is 2.90. The Balaban J connectivity index is 2.59. The van der Waals surface area contributed by atoms with E-state index in [0.717, 1.165) is 10.8 Å². The first kappa shape index (κ1) is 19.5. The van der Waals surface area contributed by atoms with Gasteiger partial charge in [-0.15, -0.1) is 0 Å². The van der Waals surface area contributed by atoms with Crippen molar-refractivity contribution >= 4 is 5.97 Å². The number of likely N-dealkylation sites (tertiary alicyclic amines) is 1. The van der Waals surface area contributed by atoms with Crippen molar-refractivity contribution in [3.05, 3.63) is 33.7 Å². The highest BCUT2D eigenvalue weighted by Gasteiger charge is 2.38. The van der Waals surface area contributed by atoms with Gasteiger partial charge in [-0.3, -0.25) is 4.79 Å². The lowest BCUT2D eigenvalue weighted by molar-refractivity contribution is -0.141. The summed E-state index contributed by atoms with van der Waals surface area (Å²) in [6.07, 6.45) is -2.81. The Morgan fingerprint density at radius 1 is 1.40 bits per heavy atom. The minimum atomic E-state index is -4.65. The van der Waals surface area contributed by atoms with Crippen LogP contribution in [0.1, 0.15) is 49.8 Å². The zero-order valence-electron chi connectivity index (χ0n) is 14.5. The van der Waals surface area contributed by atoms with Crippen molar-refractivity contribution in [2.75, 3.05) is 20.1 Å². The third-order valence-corrected chi connectivity index (χ3v) is 4.56. The number of aromatic nitrogens is 1. The molecule has 0 aliphatic carbocycles. The molecule has 1 aromatic heterocycles. The molecule has 0 bridgehead atoms. The fourth-order valence-corrected chi connectivity index (χ4v) is 3.35. The number of aliphatic carboxylic acids is 1. The van der Waals surface area contributed by atoms with Crippen LogP contribution in [0.15, 0.2) is 17.1 Å². The number of carboxylic acids is 1. The first-order chi connectivity index (χ1) is 11.5. The summed E-state index contributed by atoms with van der Waals surface area (Å²) < 4.78 is 41.2. The summed E-state index contributed by atoms with van der Waals surface area (Å²) in [4.78, 5) is 25.7. The summed E-state index contributed by atoms with van der Waals surface area (Å²) in [6.45, 7) is 4.72. The molecule has 1 aliphatic heterocycles. The first-order valence-electron chi connectivity index (χ1n) is 8.25. The molecule has 2 atom stereocenters. The van der Waals surface area contributed by atoms with Gasteiger partial charge in [0.05, 0.1) is 5.56 Å². The lowest BCUT2D eigenvalue weighted by Crippen LogP contribution is -2.32. The van der Waals surface area contributed by atoms with Gasteiger partial charge in [-0.05, 0) is 43.8 Å². The maximum absolute atomic E-state index is 13.4. The summed E-state index contributed by atoms with van der Waals surface area (Å²) in [5.41, 5.74) is -1.88. The molecule has 1 N–H and O–H groups in total. The minimum Gasteiger partial charge on any atom is -0.480 e. The fourth-order valence-electron chi connectivity index (χ4n) is 3.35. The Morgan fingerprint density at radius 3 is 2.48 bits per heavy atom. The van der Waals surface area contributed by atoms with Gasteiger partial charge in [0, 0.05) is 18.8 Å². The standard InChI is InChI=1S/C17H23F3N2O3/c1-10(2)6-14(16(24)25)22-9-12(11-4-5-21(3)8-11)13(7-15(22)23)17(18,19)20/h7,9-11,14H,4-6,8H2,1-3H3,(H,24,25)/t11?,14-/m0/s1. The number of hydrogen-bond acceptors (Lipinski definition) is 3. The number of halogens is 3. The van der Waals surface area contributed by atoms with Gasteiger partial charge in [0.15, 0.2) is 0 Å². The Bertz CT molecular complexity index is 697. The molecular weight excluding hydrogens is 337 g/mol. The molecule has 1 unspecified atom stereocenters. The maximum atomic E-state index is 13.4. The molecule has 25 heavy (non-hydrogen) atoms. The van der Waals surface area contributed by atoms with Crippen molar-refractivity contribution in [3.8, 4) is 0 Å². The molecule has 0 aromatic carbocycles. The fraction of sp³-hybridized carbons (Fsp3) is 0.647. The van der Waals surface area contributed by atoms with Crippen molar-refractivity contribution in [3.63, 3.8) is 0 Å². The van der Waals surface area contributed by atoms with E-state index in [1.54, 1.807) is 13.8 Å². The van der Waals surface area contributed by atoms with Crippen LogP contribution in [0.25, 0.3) is 0 Å². The summed E-state index contributed by atoms with van der Waals surface area (Å²) in [7, 11) is 1.82. The van der Waals surface area contributed by atoms with Gasteiger partial charge in [-0.2, -0.15) is 13.2 Å². The molecule has 0 spiro atoms. The smallest absolute Gasteiger partial charge is 0.416 e. The molecule has 0 radical (unpaired) electrons. The topological polar surface area (TPSA) is 62.5 Å². The molecule has 0 amide bonds. The largest absolute Gasteiger partial charge is 0.480 e. The molecule has 1 aliphatic rings. The highest BCUT2D eigenvalue weighted by atomic mass is 19.4. The second-order valence-corrected chi connectivity index (χ2v) is 7.12. The van der Waals surface area contributed by atoms with Crippen LogP contribution in [0.2, 0.25) is 0 Å². The van der Waals surface area contributed by atoms with Gasteiger partial charge in [-0.1, -0.05) is 13.8 Å². The Hall–Kier alpha value is -1.83. The Labute approximate surface area is 144 Å². The van der Waals surface area contributed by atoms with E-state index >= 15 is 0 Å². The third kappa shape index (κ3) is 4.42. The molecule has 1 aromatic rings. The number of nitrogens with zero attached hydrogens (tertiary/aromatic N) is 2. The average molecular weight is 360 g/mol. The predicted octanol–water partition coefficient (Wildman–Crippen LogP) is 2.96. The van der Waals surface area contributed by atoms with E-state index in [4.69, 9.17) is 0 Å². The lowest BCUT2D eigenvalue weighted by Gasteiger charge is -2.23.